The molecule has 16 heavy (non-hydrogen) atoms. The predicted molar refractivity (Wildman–Crippen MR) is 65.5 cm³/mol. The number of benzene rings is 1. The molecule has 0 saturated heterocycles. The van der Waals surface area contributed by atoms with Crippen LogP contribution in [0, 0.1) is 0 Å². The molecule has 1 rings (SSSR count). The van der Waals surface area contributed by atoms with E-state index in [9.17, 15) is 4.79 Å². The van der Waals surface area contributed by atoms with Crippen molar-refractivity contribution in [3.05, 3.63) is 36.5 Å². The van der Waals surface area contributed by atoms with Gasteiger partial charge in [0.1, 0.15) is 0 Å². The van der Waals surface area contributed by atoms with Crippen molar-refractivity contribution in [3.8, 4) is 0 Å². The Kier molecular flexibility index (Phi) is 4.39. The fourth-order valence-electron chi connectivity index (χ4n) is 1.25. The number of anilines is 2. The molecule has 0 bridgehead atoms. The van der Waals surface area contributed by atoms with Gasteiger partial charge in [0, 0.05) is 26.4 Å². The first kappa shape index (κ1) is 12.1. The molecule has 4 nitrogen and oxygen atoms in total. The van der Waals surface area contributed by atoms with E-state index >= 15 is 0 Å². The van der Waals surface area contributed by atoms with Crippen molar-refractivity contribution in [1.82, 2.24) is 0 Å². The number of ether oxygens (including phenoxy) is 1. The van der Waals surface area contributed by atoms with Gasteiger partial charge >= 0.3 is 5.97 Å². The van der Waals surface area contributed by atoms with Crippen molar-refractivity contribution in [3.63, 3.8) is 0 Å². The average molecular weight is 220 g/mol. The number of carbonyl (C=O) groups is 1. The first-order valence-corrected chi connectivity index (χ1v) is 4.92. The molecule has 0 atom stereocenters. The van der Waals surface area contributed by atoms with Gasteiger partial charge in [-0.2, -0.15) is 0 Å². The van der Waals surface area contributed by atoms with E-state index in [1.807, 2.05) is 43.3 Å². The lowest BCUT2D eigenvalue weighted by Crippen LogP contribution is -2.10. The average Bonchev–Trinajstić information content (AvgIpc) is 2.29. The van der Waals surface area contributed by atoms with Crippen LogP contribution in [0.4, 0.5) is 11.4 Å². The Morgan fingerprint density at radius 1 is 1.38 bits per heavy atom. The molecular formula is C12H16N2O2. The lowest BCUT2D eigenvalue weighted by atomic mass is 10.2. The van der Waals surface area contributed by atoms with Gasteiger partial charge in [0.2, 0.25) is 0 Å². The summed E-state index contributed by atoms with van der Waals surface area (Å²) in [5.74, 6) is -0.380. The van der Waals surface area contributed by atoms with E-state index < -0.39 is 0 Å². The molecule has 1 N–H and O–H groups in total. The van der Waals surface area contributed by atoms with Gasteiger partial charge in [0.15, 0.2) is 0 Å². The van der Waals surface area contributed by atoms with E-state index in [2.05, 4.69) is 10.1 Å². The second-order valence-electron chi connectivity index (χ2n) is 3.41. The zero-order valence-electron chi connectivity index (χ0n) is 9.73. The molecule has 0 amide bonds. The minimum Gasteiger partial charge on any atom is -0.466 e. The molecule has 0 aliphatic heterocycles. The molecule has 0 fully saturated rings. The van der Waals surface area contributed by atoms with Crippen LogP contribution in [0.25, 0.3) is 0 Å². The molecule has 1 aromatic rings. The minimum absolute atomic E-state index is 0.380. The third-order valence-electron chi connectivity index (χ3n) is 2.05. The molecule has 0 heterocycles. The zero-order valence-corrected chi connectivity index (χ0v) is 9.73. The summed E-state index contributed by atoms with van der Waals surface area (Å²) in [6.07, 6.45) is 2.90. The van der Waals surface area contributed by atoms with Crippen LogP contribution >= 0.6 is 0 Å². The molecule has 0 saturated carbocycles. The molecule has 0 aliphatic rings. The largest absolute Gasteiger partial charge is 0.466 e. The Labute approximate surface area is 95.5 Å². The van der Waals surface area contributed by atoms with Crippen molar-refractivity contribution in [2.45, 2.75) is 0 Å². The Morgan fingerprint density at radius 2 is 2.06 bits per heavy atom. The highest BCUT2D eigenvalue weighted by molar-refractivity contribution is 5.82. The van der Waals surface area contributed by atoms with E-state index in [4.69, 9.17) is 0 Å². The van der Waals surface area contributed by atoms with Crippen LogP contribution in [-0.2, 0) is 9.53 Å². The van der Waals surface area contributed by atoms with Gasteiger partial charge in [-0.25, -0.2) is 4.79 Å². The molecule has 4 heteroatoms. The summed E-state index contributed by atoms with van der Waals surface area (Å²) in [6, 6.07) is 7.83. The second kappa shape index (κ2) is 5.80. The van der Waals surface area contributed by atoms with Crippen LogP contribution in [0.1, 0.15) is 0 Å². The van der Waals surface area contributed by atoms with Crippen molar-refractivity contribution < 1.29 is 9.53 Å². The predicted octanol–water partition coefficient (Wildman–Crippen LogP) is 1.85. The second-order valence-corrected chi connectivity index (χ2v) is 3.41. The lowest BCUT2D eigenvalue weighted by molar-refractivity contribution is -0.134. The Bertz CT molecular complexity index is 386. The summed E-state index contributed by atoms with van der Waals surface area (Å²) in [5, 5.41) is 3.04. The van der Waals surface area contributed by atoms with Gasteiger partial charge in [-0.1, -0.05) is 12.1 Å². The fraction of sp³-hybridized carbons (Fsp3) is 0.250. The summed E-state index contributed by atoms with van der Waals surface area (Å²) in [4.78, 5) is 12.9. The van der Waals surface area contributed by atoms with Crippen LogP contribution in [0.2, 0.25) is 0 Å². The van der Waals surface area contributed by atoms with E-state index in [0.717, 1.165) is 11.4 Å². The Hall–Kier alpha value is -1.97. The maximum atomic E-state index is 10.9. The van der Waals surface area contributed by atoms with Crippen LogP contribution in [0.15, 0.2) is 36.5 Å². The molecule has 0 aromatic heterocycles. The fourth-order valence-corrected chi connectivity index (χ4v) is 1.25. The summed E-state index contributed by atoms with van der Waals surface area (Å²) in [7, 11) is 5.27. The van der Waals surface area contributed by atoms with Crippen molar-refractivity contribution in [2.75, 3.05) is 31.4 Å². The van der Waals surface area contributed by atoms with Gasteiger partial charge in [0.25, 0.3) is 0 Å². The van der Waals surface area contributed by atoms with Gasteiger partial charge in [0.05, 0.1) is 18.5 Å². The summed E-state index contributed by atoms with van der Waals surface area (Å²) in [5.41, 5.74) is 1.99. The monoisotopic (exact) mass is 220 g/mol. The van der Waals surface area contributed by atoms with Crippen molar-refractivity contribution >= 4 is 17.3 Å². The number of hydrogen-bond acceptors (Lipinski definition) is 4. The van der Waals surface area contributed by atoms with Crippen LogP contribution < -0.4 is 10.2 Å². The highest BCUT2D eigenvalue weighted by atomic mass is 16.5. The number of nitrogens with one attached hydrogen (secondary N) is 1. The Morgan fingerprint density at radius 3 is 2.69 bits per heavy atom. The number of rotatable bonds is 4. The van der Waals surface area contributed by atoms with Crippen LogP contribution in [-0.4, -0.2) is 27.2 Å². The summed E-state index contributed by atoms with van der Waals surface area (Å²) in [6.45, 7) is 0. The quantitative estimate of drug-likeness (QED) is 0.621. The maximum absolute atomic E-state index is 10.9. The number of carbonyl (C=O) groups excluding carboxylic acids is 1. The first-order chi connectivity index (χ1) is 7.65. The summed E-state index contributed by atoms with van der Waals surface area (Å²) < 4.78 is 4.49. The van der Waals surface area contributed by atoms with Crippen LogP contribution in [0.5, 0.6) is 0 Å². The van der Waals surface area contributed by atoms with Gasteiger partial charge in [-0.15, -0.1) is 0 Å². The maximum Gasteiger partial charge on any atom is 0.331 e. The van der Waals surface area contributed by atoms with E-state index in [0.29, 0.717) is 0 Å². The molecule has 0 unspecified atom stereocenters. The molecule has 1 aromatic carbocycles. The normalized spacial score (nSPS) is 10.2. The van der Waals surface area contributed by atoms with E-state index in [1.54, 1.807) is 6.20 Å². The Balaban J connectivity index is 2.74. The van der Waals surface area contributed by atoms with E-state index in [-0.39, 0.29) is 5.97 Å². The van der Waals surface area contributed by atoms with E-state index in [1.165, 1.54) is 13.2 Å². The lowest BCUT2D eigenvalue weighted by Gasteiger charge is -2.16. The van der Waals surface area contributed by atoms with Gasteiger partial charge in [-0.3, -0.25) is 0 Å². The van der Waals surface area contributed by atoms with Crippen molar-refractivity contribution in [1.29, 1.82) is 0 Å². The molecular weight excluding hydrogens is 204 g/mol. The molecule has 0 spiro atoms. The molecule has 0 aliphatic carbocycles. The highest BCUT2D eigenvalue weighted by Crippen LogP contribution is 2.23. The summed E-state index contributed by atoms with van der Waals surface area (Å²) >= 11 is 0. The van der Waals surface area contributed by atoms with Crippen molar-refractivity contribution in [2.24, 2.45) is 0 Å². The SMILES string of the molecule is COC(=O)/C=C/Nc1ccccc1N(C)C. The third kappa shape index (κ3) is 3.31. The standard InChI is InChI=1S/C12H16N2O2/c1-14(2)11-7-5-4-6-10(11)13-9-8-12(15)16-3/h4-9,13H,1-3H3/b9-8+. The highest BCUT2D eigenvalue weighted by Gasteiger charge is 2.00. The van der Waals surface area contributed by atoms with Crippen LogP contribution in [0.3, 0.4) is 0 Å². The first-order valence-electron chi connectivity index (χ1n) is 4.92. The number of methoxy groups -OCH3 is 1. The number of esters is 1. The molecule has 86 valence electrons. The molecule has 0 radical (unpaired) electrons. The van der Waals surface area contributed by atoms with Gasteiger partial charge in [-0.05, 0) is 12.1 Å². The van der Waals surface area contributed by atoms with Gasteiger partial charge < -0.3 is 15.0 Å². The number of hydrogen-bond donors (Lipinski definition) is 1. The third-order valence-corrected chi connectivity index (χ3v) is 2.05. The zero-order chi connectivity index (χ0) is 12.0. The number of para-hydroxylation sites is 2. The smallest absolute Gasteiger partial charge is 0.331 e. The topological polar surface area (TPSA) is 41.6 Å². The number of nitrogens with zero attached hydrogens (tertiary/aromatic N) is 1. The minimum atomic E-state index is -0.380.